The van der Waals surface area contributed by atoms with Crippen LogP contribution in [0.4, 0.5) is 0 Å². The summed E-state index contributed by atoms with van der Waals surface area (Å²) < 4.78 is 5.66. The Morgan fingerprint density at radius 3 is 2.74 bits per heavy atom. The Morgan fingerprint density at radius 2 is 2.11 bits per heavy atom. The molecule has 110 valence electrons. The van der Waals surface area contributed by atoms with Crippen molar-refractivity contribution < 1.29 is 9.53 Å². The number of hydrogen-bond donors (Lipinski definition) is 1. The van der Waals surface area contributed by atoms with Crippen LogP contribution in [0.2, 0.25) is 0 Å². The van der Waals surface area contributed by atoms with Gasteiger partial charge in [0.05, 0.1) is 6.10 Å². The van der Waals surface area contributed by atoms with Crippen molar-refractivity contribution in [2.24, 2.45) is 0 Å². The zero-order valence-corrected chi connectivity index (χ0v) is 12.1. The third kappa shape index (κ3) is 4.75. The predicted octanol–water partition coefficient (Wildman–Crippen LogP) is 0.309. The molecular formula is C14H27N3O2. The van der Waals surface area contributed by atoms with Gasteiger partial charge in [0.25, 0.3) is 0 Å². The van der Waals surface area contributed by atoms with Gasteiger partial charge in [-0.15, -0.1) is 0 Å². The van der Waals surface area contributed by atoms with E-state index >= 15 is 0 Å². The lowest BCUT2D eigenvalue weighted by Crippen LogP contribution is -2.50. The highest BCUT2D eigenvalue weighted by Gasteiger charge is 2.24. The van der Waals surface area contributed by atoms with Crippen molar-refractivity contribution in [2.75, 3.05) is 52.4 Å². The largest absolute Gasteiger partial charge is 0.377 e. The van der Waals surface area contributed by atoms with Gasteiger partial charge >= 0.3 is 0 Å². The SMILES string of the molecule is CCNCCC(=O)N1CCN(CC2CCCO2)CC1. The van der Waals surface area contributed by atoms with Crippen LogP contribution >= 0.6 is 0 Å². The molecule has 0 aromatic rings. The highest BCUT2D eigenvalue weighted by molar-refractivity contribution is 5.76. The number of piperazine rings is 1. The molecule has 2 rings (SSSR count). The summed E-state index contributed by atoms with van der Waals surface area (Å²) in [6.45, 7) is 9.49. The third-order valence-corrected chi connectivity index (χ3v) is 3.98. The molecule has 0 aliphatic carbocycles. The van der Waals surface area contributed by atoms with E-state index in [1.54, 1.807) is 0 Å². The molecule has 0 aromatic carbocycles. The molecule has 2 aliphatic rings. The van der Waals surface area contributed by atoms with Crippen LogP contribution in [0.15, 0.2) is 0 Å². The summed E-state index contributed by atoms with van der Waals surface area (Å²) in [5.74, 6) is 0.290. The molecule has 19 heavy (non-hydrogen) atoms. The zero-order chi connectivity index (χ0) is 13.5. The molecule has 0 spiro atoms. The van der Waals surface area contributed by atoms with E-state index in [-0.39, 0.29) is 5.91 Å². The molecular weight excluding hydrogens is 242 g/mol. The number of carbonyl (C=O) groups excluding carboxylic acids is 1. The molecule has 2 fully saturated rings. The first kappa shape index (κ1) is 14.8. The first-order valence-electron chi connectivity index (χ1n) is 7.62. The van der Waals surface area contributed by atoms with E-state index in [0.29, 0.717) is 12.5 Å². The molecule has 0 bridgehead atoms. The lowest BCUT2D eigenvalue weighted by atomic mass is 10.2. The Balaban J connectivity index is 1.62. The molecule has 2 aliphatic heterocycles. The van der Waals surface area contributed by atoms with Crippen molar-refractivity contribution in [3.8, 4) is 0 Å². The summed E-state index contributed by atoms with van der Waals surface area (Å²) in [7, 11) is 0. The second-order valence-electron chi connectivity index (χ2n) is 5.42. The summed E-state index contributed by atoms with van der Waals surface area (Å²) >= 11 is 0. The molecule has 2 heterocycles. The van der Waals surface area contributed by atoms with E-state index in [9.17, 15) is 4.79 Å². The average Bonchev–Trinajstić information content (AvgIpc) is 2.93. The Hall–Kier alpha value is -0.650. The van der Waals surface area contributed by atoms with Gasteiger partial charge in [-0.2, -0.15) is 0 Å². The minimum absolute atomic E-state index is 0.290. The van der Waals surface area contributed by atoms with Crippen molar-refractivity contribution in [2.45, 2.75) is 32.3 Å². The van der Waals surface area contributed by atoms with Crippen LogP contribution in [0.5, 0.6) is 0 Å². The maximum Gasteiger partial charge on any atom is 0.223 e. The highest BCUT2D eigenvalue weighted by atomic mass is 16.5. The van der Waals surface area contributed by atoms with E-state index in [2.05, 4.69) is 17.1 Å². The van der Waals surface area contributed by atoms with Crippen LogP contribution < -0.4 is 5.32 Å². The van der Waals surface area contributed by atoms with Crippen molar-refractivity contribution in [3.05, 3.63) is 0 Å². The second-order valence-corrected chi connectivity index (χ2v) is 5.42. The molecule has 5 nitrogen and oxygen atoms in total. The van der Waals surface area contributed by atoms with Gasteiger partial charge in [-0.1, -0.05) is 6.92 Å². The van der Waals surface area contributed by atoms with Gasteiger partial charge < -0.3 is 15.0 Å². The smallest absolute Gasteiger partial charge is 0.223 e. The Kier molecular flexibility index (Phi) is 6.07. The molecule has 1 N–H and O–H groups in total. The maximum atomic E-state index is 12.0. The van der Waals surface area contributed by atoms with Gasteiger partial charge in [0, 0.05) is 52.3 Å². The van der Waals surface area contributed by atoms with E-state index in [1.807, 2.05) is 4.90 Å². The molecule has 1 amide bonds. The van der Waals surface area contributed by atoms with E-state index in [0.717, 1.165) is 52.4 Å². The van der Waals surface area contributed by atoms with Crippen LogP contribution in [0, 0.1) is 0 Å². The van der Waals surface area contributed by atoms with Crippen LogP contribution in [0.3, 0.4) is 0 Å². The Morgan fingerprint density at radius 1 is 1.32 bits per heavy atom. The fraction of sp³-hybridized carbons (Fsp3) is 0.929. The van der Waals surface area contributed by atoms with Gasteiger partial charge in [-0.25, -0.2) is 0 Å². The third-order valence-electron chi connectivity index (χ3n) is 3.98. The molecule has 5 heteroatoms. The monoisotopic (exact) mass is 269 g/mol. The molecule has 0 saturated carbocycles. The average molecular weight is 269 g/mol. The van der Waals surface area contributed by atoms with Crippen LogP contribution in [0.1, 0.15) is 26.2 Å². The fourth-order valence-corrected chi connectivity index (χ4v) is 2.79. The van der Waals surface area contributed by atoms with E-state index in [4.69, 9.17) is 4.74 Å². The predicted molar refractivity (Wildman–Crippen MR) is 75.2 cm³/mol. The van der Waals surface area contributed by atoms with Gasteiger partial charge in [-0.05, 0) is 19.4 Å². The summed E-state index contributed by atoms with van der Waals surface area (Å²) in [5.41, 5.74) is 0. The van der Waals surface area contributed by atoms with Crippen LogP contribution in [-0.4, -0.2) is 74.2 Å². The number of amides is 1. The number of hydrogen-bond acceptors (Lipinski definition) is 4. The molecule has 0 radical (unpaired) electrons. The second kappa shape index (κ2) is 7.82. The minimum atomic E-state index is 0.290. The van der Waals surface area contributed by atoms with Crippen molar-refractivity contribution in [3.63, 3.8) is 0 Å². The molecule has 0 aromatic heterocycles. The normalized spacial score (nSPS) is 24.9. The number of ether oxygens (including phenoxy) is 1. The number of rotatable bonds is 6. The summed E-state index contributed by atoms with van der Waals surface area (Å²) in [4.78, 5) is 16.4. The minimum Gasteiger partial charge on any atom is -0.377 e. The van der Waals surface area contributed by atoms with Crippen molar-refractivity contribution in [1.29, 1.82) is 0 Å². The Labute approximate surface area is 116 Å². The van der Waals surface area contributed by atoms with E-state index < -0.39 is 0 Å². The summed E-state index contributed by atoms with van der Waals surface area (Å²) in [5, 5.41) is 3.20. The molecule has 1 unspecified atom stereocenters. The lowest BCUT2D eigenvalue weighted by molar-refractivity contribution is -0.133. The van der Waals surface area contributed by atoms with Crippen LogP contribution in [0.25, 0.3) is 0 Å². The van der Waals surface area contributed by atoms with Crippen LogP contribution in [-0.2, 0) is 9.53 Å². The van der Waals surface area contributed by atoms with Crippen molar-refractivity contribution >= 4 is 5.91 Å². The lowest BCUT2D eigenvalue weighted by Gasteiger charge is -2.35. The fourth-order valence-electron chi connectivity index (χ4n) is 2.79. The molecule has 2 saturated heterocycles. The molecule has 1 atom stereocenters. The van der Waals surface area contributed by atoms with Gasteiger partial charge in [0.15, 0.2) is 0 Å². The first-order valence-corrected chi connectivity index (χ1v) is 7.62. The zero-order valence-electron chi connectivity index (χ0n) is 12.1. The summed E-state index contributed by atoms with van der Waals surface area (Å²) in [6.07, 6.45) is 3.45. The number of nitrogens with one attached hydrogen (secondary N) is 1. The van der Waals surface area contributed by atoms with Gasteiger partial charge in [0.2, 0.25) is 5.91 Å². The summed E-state index contributed by atoms with van der Waals surface area (Å²) in [6, 6.07) is 0. The number of carbonyl (C=O) groups is 1. The van der Waals surface area contributed by atoms with Gasteiger partial charge in [-0.3, -0.25) is 9.69 Å². The van der Waals surface area contributed by atoms with Gasteiger partial charge in [0.1, 0.15) is 0 Å². The number of nitrogens with zero attached hydrogens (tertiary/aromatic N) is 2. The standard InChI is InChI=1S/C14H27N3O2/c1-2-15-6-5-14(18)17-9-7-16(8-10-17)12-13-4-3-11-19-13/h13,15H,2-12H2,1H3. The first-order chi connectivity index (χ1) is 9.29. The van der Waals surface area contributed by atoms with E-state index in [1.165, 1.54) is 12.8 Å². The maximum absolute atomic E-state index is 12.0. The van der Waals surface area contributed by atoms with Crippen molar-refractivity contribution in [1.82, 2.24) is 15.1 Å². The highest BCUT2D eigenvalue weighted by Crippen LogP contribution is 2.14. The quantitative estimate of drug-likeness (QED) is 0.705. The Bertz CT molecular complexity index is 272. The topological polar surface area (TPSA) is 44.8 Å².